The molecule has 1 fully saturated rings. The summed E-state index contributed by atoms with van der Waals surface area (Å²) in [5.41, 5.74) is 2.88. The number of hydroxylamine groups is 1. The highest BCUT2D eigenvalue weighted by molar-refractivity contribution is 7.92. The zero-order chi connectivity index (χ0) is 33.4. The average Bonchev–Trinajstić information content (AvgIpc) is 3.03. The van der Waals surface area contributed by atoms with Crippen molar-refractivity contribution in [2.45, 2.75) is 37.5 Å². The third kappa shape index (κ3) is 13.5. The summed E-state index contributed by atoms with van der Waals surface area (Å²) in [4.78, 5) is 43.9. The Balaban J connectivity index is 1.39. The molecule has 0 aliphatic carbocycles. The van der Waals surface area contributed by atoms with Crippen molar-refractivity contribution >= 4 is 43.6 Å². The maximum Gasteiger partial charge on any atom is 0.431 e. The van der Waals surface area contributed by atoms with Gasteiger partial charge in [0.05, 0.1) is 37.6 Å². The van der Waals surface area contributed by atoms with Crippen molar-refractivity contribution in [1.29, 1.82) is 0 Å². The highest BCUT2D eigenvalue weighted by Gasteiger charge is 2.30. The molecule has 0 radical (unpaired) electrons. The molecule has 46 heavy (non-hydrogen) atoms. The number of hydrogen-bond donors (Lipinski definition) is 4. The number of sulfonamides is 1. The first-order chi connectivity index (χ1) is 22.0. The SMILES string of the molecule is COc1ccc(NS(=O)(=O)CCCCCCNC(=O)ONC(=O)[C@@H](CS(=O)(=O)Cc2ccccc2)NC(=O)N2CCOCC2)cc1. The van der Waals surface area contributed by atoms with E-state index in [0.717, 1.165) is 0 Å². The van der Waals surface area contributed by atoms with Crippen LogP contribution in [0, 0.1) is 0 Å². The van der Waals surface area contributed by atoms with Gasteiger partial charge >= 0.3 is 12.1 Å². The highest BCUT2D eigenvalue weighted by Crippen LogP contribution is 2.17. The first-order valence-corrected chi connectivity index (χ1v) is 18.2. The third-order valence-corrected chi connectivity index (χ3v) is 9.77. The minimum Gasteiger partial charge on any atom is -0.497 e. The van der Waals surface area contributed by atoms with E-state index in [-0.39, 0.29) is 31.1 Å². The minimum atomic E-state index is -3.87. The number of nitrogens with one attached hydrogen (secondary N) is 4. The van der Waals surface area contributed by atoms with Crippen LogP contribution in [0.15, 0.2) is 54.6 Å². The largest absolute Gasteiger partial charge is 0.497 e. The Hall–Kier alpha value is -4.09. The van der Waals surface area contributed by atoms with Gasteiger partial charge in [-0.15, -0.1) is 0 Å². The molecule has 3 rings (SSSR count). The van der Waals surface area contributed by atoms with Gasteiger partial charge < -0.3 is 29.8 Å². The van der Waals surface area contributed by atoms with Gasteiger partial charge in [0.1, 0.15) is 11.8 Å². The molecule has 0 aromatic heterocycles. The summed E-state index contributed by atoms with van der Waals surface area (Å²) < 4.78 is 63.2. The number of benzene rings is 2. The first-order valence-electron chi connectivity index (χ1n) is 14.7. The molecule has 2 aromatic carbocycles. The number of unbranched alkanes of at least 4 members (excludes halogenated alkanes) is 3. The molecular formula is C29H41N5O10S2. The fourth-order valence-corrected chi connectivity index (χ4v) is 7.13. The van der Waals surface area contributed by atoms with E-state index >= 15 is 0 Å². The van der Waals surface area contributed by atoms with Crippen LogP contribution >= 0.6 is 0 Å². The summed E-state index contributed by atoms with van der Waals surface area (Å²) in [5, 5.41) is 4.88. The van der Waals surface area contributed by atoms with Crippen molar-refractivity contribution in [3.05, 3.63) is 60.2 Å². The van der Waals surface area contributed by atoms with E-state index in [1.807, 2.05) is 5.48 Å². The van der Waals surface area contributed by atoms with Crippen LogP contribution in [-0.2, 0) is 40.0 Å². The second-order valence-electron chi connectivity index (χ2n) is 10.5. The standard InChI is InChI=1S/C29H41N5O10S2/c1-42-25-13-11-24(12-14-25)33-46(40,41)20-8-3-2-7-15-30-29(37)44-32-27(35)26(31-28(36)34-16-18-43-19-17-34)22-45(38,39)21-23-9-5-4-6-10-23/h4-6,9-14,26,33H,2-3,7-8,15-22H2,1H3,(H,30,37)(H,31,36)(H,32,35)/t26-/m1/s1. The van der Waals surface area contributed by atoms with E-state index in [1.165, 1.54) is 12.0 Å². The smallest absolute Gasteiger partial charge is 0.431 e. The molecule has 0 bridgehead atoms. The Morgan fingerprint density at radius 3 is 2.26 bits per heavy atom. The first kappa shape index (κ1) is 36.4. The highest BCUT2D eigenvalue weighted by atomic mass is 32.2. The van der Waals surface area contributed by atoms with Crippen LogP contribution < -0.4 is 25.6 Å². The topological polar surface area (TPSA) is 199 Å². The average molecular weight is 684 g/mol. The number of nitrogens with zero attached hydrogens (tertiary/aromatic N) is 1. The van der Waals surface area contributed by atoms with Crippen LogP contribution in [-0.4, -0.2) is 97.3 Å². The van der Waals surface area contributed by atoms with Gasteiger partial charge in [-0.1, -0.05) is 43.2 Å². The quantitative estimate of drug-likeness (QED) is 0.149. The van der Waals surface area contributed by atoms with E-state index in [2.05, 4.69) is 15.4 Å². The molecule has 254 valence electrons. The Bertz CT molecular complexity index is 1480. The number of hydrogen-bond acceptors (Lipinski definition) is 10. The number of anilines is 1. The molecule has 4 amide bonds. The maximum atomic E-state index is 12.9. The van der Waals surface area contributed by atoms with Crippen LogP contribution in [0.1, 0.15) is 31.2 Å². The fraction of sp³-hybridized carbons (Fsp3) is 0.483. The molecular weight excluding hydrogens is 642 g/mol. The molecule has 0 unspecified atom stereocenters. The molecule has 1 aliphatic rings. The summed E-state index contributed by atoms with van der Waals surface area (Å²) in [7, 11) is -5.86. The van der Waals surface area contributed by atoms with Crippen molar-refractivity contribution in [2.24, 2.45) is 0 Å². The normalized spacial score (nSPS) is 14.1. The van der Waals surface area contributed by atoms with Gasteiger partial charge in [-0.3, -0.25) is 9.52 Å². The fourth-order valence-electron chi connectivity index (χ4n) is 4.39. The van der Waals surface area contributed by atoms with Crippen molar-refractivity contribution in [3.63, 3.8) is 0 Å². The second-order valence-corrected chi connectivity index (χ2v) is 14.4. The molecule has 4 N–H and O–H groups in total. The lowest BCUT2D eigenvalue weighted by Crippen LogP contribution is -2.56. The Kier molecular flexibility index (Phi) is 14.4. The number of amides is 4. The number of morpholine rings is 1. The Morgan fingerprint density at radius 1 is 0.913 bits per heavy atom. The van der Waals surface area contributed by atoms with Crippen molar-refractivity contribution in [2.75, 3.05) is 56.2 Å². The zero-order valence-corrected chi connectivity index (χ0v) is 27.2. The maximum absolute atomic E-state index is 12.9. The monoisotopic (exact) mass is 683 g/mol. The number of rotatable bonds is 16. The number of urea groups is 1. The number of methoxy groups -OCH3 is 1. The number of ether oxygens (including phenoxy) is 2. The van der Waals surface area contributed by atoms with Gasteiger partial charge in [-0.25, -0.2) is 26.4 Å². The van der Waals surface area contributed by atoms with Crippen LogP contribution in [0.5, 0.6) is 5.75 Å². The molecule has 0 saturated carbocycles. The van der Waals surface area contributed by atoms with Gasteiger partial charge in [0.15, 0.2) is 9.84 Å². The molecule has 1 aliphatic heterocycles. The number of carbonyl (C=O) groups excluding carboxylic acids is 3. The minimum absolute atomic E-state index is 0.0646. The van der Waals surface area contributed by atoms with Crippen LogP contribution in [0.2, 0.25) is 0 Å². The van der Waals surface area contributed by atoms with E-state index in [4.69, 9.17) is 14.3 Å². The van der Waals surface area contributed by atoms with E-state index in [9.17, 15) is 31.2 Å². The molecule has 1 heterocycles. The number of carbonyl (C=O) groups is 3. The van der Waals surface area contributed by atoms with Crippen LogP contribution in [0.25, 0.3) is 0 Å². The van der Waals surface area contributed by atoms with E-state index in [1.54, 1.807) is 54.6 Å². The third-order valence-electron chi connectivity index (χ3n) is 6.78. The van der Waals surface area contributed by atoms with E-state index < -0.39 is 49.7 Å². The molecule has 1 atom stereocenters. The summed E-state index contributed by atoms with van der Waals surface area (Å²) in [6, 6.07) is 12.7. The zero-order valence-electron chi connectivity index (χ0n) is 25.6. The molecule has 0 spiro atoms. The van der Waals surface area contributed by atoms with Gasteiger partial charge in [-0.2, -0.15) is 5.48 Å². The molecule has 17 heteroatoms. The van der Waals surface area contributed by atoms with Crippen molar-refractivity contribution in [3.8, 4) is 5.75 Å². The summed E-state index contributed by atoms with van der Waals surface area (Å²) in [5.74, 6) is -1.54. The number of sulfone groups is 1. The summed E-state index contributed by atoms with van der Waals surface area (Å²) in [6.45, 7) is 1.34. The van der Waals surface area contributed by atoms with Crippen molar-refractivity contribution in [1.82, 2.24) is 21.0 Å². The van der Waals surface area contributed by atoms with Crippen LogP contribution in [0.4, 0.5) is 15.3 Å². The van der Waals surface area contributed by atoms with Gasteiger partial charge in [0, 0.05) is 25.3 Å². The lowest BCUT2D eigenvalue weighted by molar-refractivity contribution is -0.131. The molecule has 15 nitrogen and oxygen atoms in total. The van der Waals surface area contributed by atoms with E-state index in [0.29, 0.717) is 55.9 Å². The lowest BCUT2D eigenvalue weighted by Gasteiger charge is -2.28. The summed E-state index contributed by atoms with van der Waals surface area (Å²) in [6.07, 6.45) is 1.17. The predicted octanol–water partition coefficient (Wildman–Crippen LogP) is 1.78. The predicted molar refractivity (Wildman–Crippen MR) is 170 cm³/mol. The second kappa shape index (κ2) is 18.2. The van der Waals surface area contributed by atoms with Crippen LogP contribution in [0.3, 0.4) is 0 Å². The summed E-state index contributed by atoms with van der Waals surface area (Å²) >= 11 is 0. The lowest BCUT2D eigenvalue weighted by atomic mass is 10.2. The van der Waals surface area contributed by atoms with Gasteiger partial charge in [0.25, 0.3) is 5.91 Å². The molecule has 1 saturated heterocycles. The van der Waals surface area contributed by atoms with Gasteiger partial charge in [-0.05, 0) is 42.7 Å². The Morgan fingerprint density at radius 2 is 1.59 bits per heavy atom. The van der Waals surface area contributed by atoms with Crippen molar-refractivity contribution < 1.29 is 45.5 Å². The Labute approximate surface area is 269 Å². The van der Waals surface area contributed by atoms with Gasteiger partial charge in [0.2, 0.25) is 10.0 Å². The molecule has 2 aromatic rings.